The zero-order valence-electron chi connectivity index (χ0n) is 15.1. The zero-order chi connectivity index (χ0) is 20.3. The minimum atomic E-state index is -4.34. The molecule has 146 valence electrons. The Morgan fingerprint density at radius 2 is 1.31 bits per heavy atom. The van der Waals surface area contributed by atoms with Gasteiger partial charge in [0.2, 0.25) is 11.8 Å². The third kappa shape index (κ3) is 4.45. The molecule has 0 radical (unpaired) electrons. The monoisotopic (exact) mass is 396 g/mol. The molecular formula is C22H15F3N2O2. The molecule has 0 amide bonds. The number of halogens is 3. The summed E-state index contributed by atoms with van der Waals surface area (Å²) in [6.07, 6.45) is -4.34. The van der Waals surface area contributed by atoms with Crippen LogP contribution in [0.2, 0.25) is 0 Å². The third-order valence-electron chi connectivity index (χ3n) is 4.23. The van der Waals surface area contributed by atoms with Crippen molar-refractivity contribution in [3.05, 3.63) is 90.0 Å². The average Bonchev–Trinajstić information content (AvgIpc) is 3.23. The van der Waals surface area contributed by atoms with Crippen LogP contribution in [-0.2, 0) is 12.8 Å². The number of ether oxygens (including phenoxy) is 1. The van der Waals surface area contributed by atoms with Crippen LogP contribution in [0.4, 0.5) is 13.2 Å². The van der Waals surface area contributed by atoms with Gasteiger partial charge in [-0.05, 0) is 54.1 Å². The maximum Gasteiger partial charge on any atom is 0.416 e. The van der Waals surface area contributed by atoms with E-state index in [1.165, 1.54) is 12.1 Å². The van der Waals surface area contributed by atoms with Crippen molar-refractivity contribution in [2.24, 2.45) is 0 Å². The minimum absolute atomic E-state index is 0.163. The Morgan fingerprint density at radius 3 is 1.90 bits per heavy atom. The van der Waals surface area contributed by atoms with Gasteiger partial charge in [0.25, 0.3) is 0 Å². The summed E-state index contributed by atoms with van der Waals surface area (Å²) in [5.41, 5.74) is 1.54. The van der Waals surface area contributed by atoms with E-state index in [0.29, 0.717) is 23.1 Å². The van der Waals surface area contributed by atoms with Gasteiger partial charge in [-0.15, -0.1) is 10.2 Å². The van der Waals surface area contributed by atoms with E-state index in [1.807, 2.05) is 30.3 Å². The molecule has 0 unspecified atom stereocenters. The summed E-state index contributed by atoms with van der Waals surface area (Å²) in [6.45, 7) is 0.163. The van der Waals surface area contributed by atoms with Gasteiger partial charge in [0.15, 0.2) is 0 Å². The zero-order valence-corrected chi connectivity index (χ0v) is 15.1. The fraction of sp³-hybridized carbons (Fsp3) is 0.0909. The fourth-order valence-corrected chi connectivity index (χ4v) is 2.69. The maximum atomic E-state index is 12.6. The summed E-state index contributed by atoms with van der Waals surface area (Å²) in [7, 11) is 0. The number of hydrogen-bond acceptors (Lipinski definition) is 4. The molecule has 0 fully saturated rings. The first-order chi connectivity index (χ1) is 14.0. The molecule has 0 N–H and O–H groups in total. The summed E-state index contributed by atoms with van der Waals surface area (Å²) in [5.74, 6) is 1.40. The van der Waals surface area contributed by atoms with Crippen molar-refractivity contribution in [3.63, 3.8) is 0 Å². The molecule has 1 aromatic heterocycles. The maximum absolute atomic E-state index is 12.6. The van der Waals surface area contributed by atoms with Crippen molar-refractivity contribution in [1.82, 2.24) is 10.2 Å². The summed E-state index contributed by atoms with van der Waals surface area (Å²) in [4.78, 5) is 0. The number of nitrogens with zero attached hydrogens (tertiary/aromatic N) is 2. The quantitative estimate of drug-likeness (QED) is 0.415. The van der Waals surface area contributed by atoms with Gasteiger partial charge < -0.3 is 9.15 Å². The Balaban J connectivity index is 1.40. The normalized spacial score (nSPS) is 11.4. The Hall–Kier alpha value is -3.61. The predicted molar refractivity (Wildman–Crippen MR) is 101 cm³/mol. The van der Waals surface area contributed by atoms with Crippen LogP contribution in [0.3, 0.4) is 0 Å². The first-order valence-corrected chi connectivity index (χ1v) is 8.77. The minimum Gasteiger partial charge on any atom is -0.489 e. The van der Waals surface area contributed by atoms with Crippen LogP contribution < -0.4 is 4.74 Å². The summed E-state index contributed by atoms with van der Waals surface area (Å²) in [6, 6.07) is 21.4. The number of alkyl halides is 3. The van der Waals surface area contributed by atoms with E-state index in [4.69, 9.17) is 9.15 Å². The van der Waals surface area contributed by atoms with Gasteiger partial charge in [0, 0.05) is 11.1 Å². The first kappa shape index (κ1) is 18.7. The van der Waals surface area contributed by atoms with Gasteiger partial charge >= 0.3 is 6.18 Å². The van der Waals surface area contributed by atoms with E-state index in [0.717, 1.165) is 23.3 Å². The van der Waals surface area contributed by atoms with Crippen LogP contribution in [-0.4, -0.2) is 10.2 Å². The van der Waals surface area contributed by atoms with Crippen LogP contribution in [0.1, 0.15) is 11.1 Å². The smallest absolute Gasteiger partial charge is 0.416 e. The van der Waals surface area contributed by atoms with Crippen LogP contribution in [0, 0.1) is 0 Å². The lowest BCUT2D eigenvalue weighted by atomic mass is 10.1. The molecule has 0 aliphatic rings. The molecule has 4 aromatic rings. The molecule has 0 spiro atoms. The van der Waals surface area contributed by atoms with E-state index in [1.54, 1.807) is 24.3 Å². The Bertz CT molecular complexity index is 1070. The van der Waals surface area contributed by atoms with Crippen LogP contribution in [0.25, 0.3) is 22.9 Å². The van der Waals surface area contributed by atoms with Crippen molar-refractivity contribution in [1.29, 1.82) is 0 Å². The van der Waals surface area contributed by atoms with Crippen molar-refractivity contribution in [3.8, 4) is 28.7 Å². The van der Waals surface area contributed by atoms with E-state index < -0.39 is 11.7 Å². The van der Waals surface area contributed by atoms with Crippen molar-refractivity contribution < 1.29 is 22.3 Å². The highest BCUT2D eigenvalue weighted by atomic mass is 19.4. The molecule has 0 aliphatic carbocycles. The first-order valence-electron chi connectivity index (χ1n) is 8.77. The Kier molecular flexibility index (Phi) is 5.03. The SMILES string of the molecule is FC(F)(F)c1ccc(COc2ccc(-c3nnc(-c4ccccc4)o3)cc2)cc1. The van der Waals surface area contributed by atoms with Crippen molar-refractivity contribution in [2.45, 2.75) is 12.8 Å². The van der Waals surface area contributed by atoms with Gasteiger partial charge in [-0.2, -0.15) is 13.2 Å². The van der Waals surface area contributed by atoms with E-state index in [2.05, 4.69) is 10.2 Å². The molecule has 0 saturated carbocycles. The van der Waals surface area contributed by atoms with Gasteiger partial charge in [0.05, 0.1) is 5.56 Å². The standard InChI is InChI=1S/C22H15F3N2O2/c23-22(24,25)18-10-6-15(7-11-18)14-28-19-12-8-17(9-13-19)21-27-26-20(29-21)16-4-2-1-3-5-16/h1-13H,14H2. The number of aromatic nitrogens is 2. The number of hydrogen-bond donors (Lipinski definition) is 0. The molecule has 0 atom stereocenters. The van der Waals surface area contributed by atoms with Crippen molar-refractivity contribution >= 4 is 0 Å². The third-order valence-corrected chi connectivity index (χ3v) is 4.23. The van der Waals surface area contributed by atoms with E-state index >= 15 is 0 Å². The van der Waals surface area contributed by atoms with Crippen molar-refractivity contribution in [2.75, 3.05) is 0 Å². The fourth-order valence-electron chi connectivity index (χ4n) is 2.69. The number of rotatable bonds is 5. The van der Waals surface area contributed by atoms with Crippen LogP contribution in [0.15, 0.2) is 83.3 Å². The second-order valence-corrected chi connectivity index (χ2v) is 6.29. The average molecular weight is 396 g/mol. The largest absolute Gasteiger partial charge is 0.489 e. The van der Waals surface area contributed by atoms with Gasteiger partial charge in [-0.1, -0.05) is 30.3 Å². The lowest BCUT2D eigenvalue weighted by molar-refractivity contribution is -0.137. The molecule has 0 aliphatic heterocycles. The number of benzene rings is 3. The second kappa shape index (κ2) is 7.79. The molecule has 4 rings (SSSR count). The lowest BCUT2D eigenvalue weighted by Gasteiger charge is -2.09. The van der Waals surface area contributed by atoms with Crippen LogP contribution >= 0.6 is 0 Å². The topological polar surface area (TPSA) is 48.2 Å². The Labute approximate surface area is 164 Å². The second-order valence-electron chi connectivity index (χ2n) is 6.29. The lowest BCUT2D eigenvalue weighted by Crippen LogP contribution is -2.05. The molecule has 4 nitrogen and oxygen atoms in total. The molecule has 3 aromatic carbocycles. The summed E-state index contributed by atoms with van der Waals surface area (Å²) >= 11 is 0. The van der Waals surface area contributed by atoms with Gasteiger partial charge in [-0.3, -0.25) is 0 Å². The molecule has 29 heavy (non-hydrogen) atoms. The highest BCUT2D eigenvalue weighted by molar-refractivity contribution is 5.58. The molecule has 7 heteroatoms. The van der Waals surface area contributed by atoms with E-state index in [-0.39, 0.29) is 6.61 Å². The molecule has 0 saturated heterocycles. The summed E-state index contributed by atoms with van der Waals surface area (Å²) < 4.78 is 49.1. The van der Waals surface area contributed by atoms with E-state index in [9.17, 15) is 13.2 Å². The highest BCUT2D eigenvalue weighted by Crippen LogP contribution is 2.29. The highest BCUT2D eigenvalue weighted by Gasteiger charge is 2.29. The molecular weight excluding hydrogens is 381 g/mol. The van der Waals surface area contributed by atoms with Gasteiger partial charge in [0.1, 0.15) is 12.4 Å². The summed E-state index contributed by atoms with van der Waals surface area (Å²) in [5, 5.41) is 8.12. The molecule has 1 heterocycles. The Morgan fingerprint density at radius 1 is 0.724 bits per heavy atom. The molecule has 0 bridgehead atoms. The van der Waals surface area contributed by atoms with Crippen LogP contribution in [0.5, 0.6) is 5.75 Å². The predicted octanol–water partition coefficient (Wildman–Crippen LogP) is 6.00. The van der Waals surface area contributed by atoms with Gasteiger partial charge in [-0.25, -0.2) is 0 Å².